The number of rotatable bonds is 22. The molecule has 0 aromatic rings. The summed E-state index contributed by atoms with van der Waals surface area (Å²) in [6, 6.07) is -3.67. The number of aliphatic imine (C=N–C) groups is 2. The minimum atomic E-state index is -1.36. The van der Waals surface area contributed by atoms with Crippen LogP contribution in [0.5, 0.6) is 0 Å². The number of guanidine groups is 2. The summed E-state index contributed by atoms with van der Waals surface area (Å²) in [7, 11) is 0. The standard InChI is InChI=1S/C12H23N7O5.C12H26N6O3/c13-6(2-1-3-17-12(15)16)11(24)18-5-8(20)19-7(10(14)23)4-9(21)22;13-8(5-3-7-18-12(15)16)10(19)17-6-2-1-4-9(14)11(20)21/h6-7H,1-5,13H2,(H2,14,23)(H,18,24)(H,19,20)(H,21,22)(H4,15,16,17);8-9H,1-7,13-14H2,(H,17,19)(H,20,21)(H4,15,16,18). The van der Waals surface area contributed by atoms with Crippen LogP contribution in [0.25, 0.3) is 0 Å². The summed E-state index contributed by atoms with van der Waals surface area (Å²) in [6.45, 7) is 0.742. The van der Waals surface area contributed by atoms with E-state index in [1.807, 2.05) is 0 Å². The molecule has 4 atom stereocenters. The van der Waals surface area contributed by atoms with Crippen molar-refractivity contribution < 1.29 is 39.0 Å². The molecule has 0 spiro atoms. The number of carboxylic acids is 2. The number of hydrogen-bond acceptors (Lipinski definition) is 11. The van der Waals surface area contributed by atoms with Gasteiger partial charge in [0.2, 0.25) is 23.6 Å². The van der Waals surface area contributed by atoms with E-state index in [4.69, 9.17) is 56.1 Å². The van der Waals surface area contributed by atoms with Crippen LogP contribution in [-0.2, 0) is 28.8 Å². The van der Waals surface area contributed by atoms with Gasteiger partial charge in [0.05, 0.1) is 25.0 Å². The first kappa shape index (κ1) is 42.4. The van der Waals surface area contributed by atoms with E-state index < -0.39 is 66.8 Å². The van der Waals surface area contributed by atoms with Crippen molar-refractivity contribution in [2.45, 2.75) is 75.5 Å². The number of aliphatic carboxylic acids is 2. The molecule has 0 radical (unpaired) electrons. The van der Waals surface area contributed by atoms with Crippen molar-refractivity contribution in [3.05, 3.63) is 0 Å². The smallest absolute Gasteiger partial charge is 0.320 e. The lowest BCUT2D eigenvalue weighted by molar-refractivity contribution is -0.140. The molecule has 21 N–H and O–H groups in total. The van der Waals surface area contributed by atoms with Crippen LogP contribution in [0, 0.1) is 0 Å². The molecule has 0 fully saturated rings. The van der Waals surface area contributed by atoms with Gasteiger partial charge < -0.3 is 72.0 Å². The third kappa shape index (κ3) is 25.5. The van der Waals surface area contributed by atoms with E-state index in [2.05, 4.69) is 25.9 Å². The summed E-state index contributed by atoms with van der Waals surface area (Å²) in [6.07, 6.45) is 2.91. The van der Waals surface area contributed by atoms with Gasteiger partial charge in [-0.05, 0) is 44.9 Å². The predicted octanol–water partition coefficient (Wildman–Crippen LogP) is -6.01. The van der Waals surface area contributed by atoms with Gasteiger partial charge >= 0.3 is 11.9 Å². The molecule has 21 heteroatoms. The number of nitrogens with zero attached hydrogens (tertiary/aromatic N) is 2. The minimum absolute atomic E-state index is 0.0209. The van der Waals surface area contributed by atoms with Crippen molar-refractivity contribution in [2.24, 2.45) is 55.9 Å². The fourth-order valence-electron chi connectivity index (χ4n) is 3.20. The molecule has 0 heterocycles. The summed E-state index contributed by atoms with van der Waals surface area (Å²) >= 11 is 0. The maximum Gasteiger partial charge on any atom is 0.320 e. The maximum absolute atomic E-state index is 11.7. The summed E-state index contributed by atoms with van der Waals surface area (Å²) < 4.78 is 0. The minimum Gasteiger partial charge on any atom is -0.481 e. The second-order valence-corrected chi connectivity index (χ2v) is 9.68. The van der Waals surface area contributed by atoms with Gasteiger partial charge in [-0.3, -0.25) is 38.8 Å². The van der Waals surface area contributed by atoms with E-state index in [1.54, 1.807) is 0 Å². The predicted molar refractivity (Wildman–Crippen MR) is 165 cm³/mol. The van der Waals surface area contributed by atoms with Gasteiger partial charge in [-0.1, -0.05) is 0 Å². The molecule has 4 amide bonds. The highest BCUT2D eigenvalue weighted by Gasteiger charge is 2.22. The van der Waals surface area contributed by atoms with Crippen LogP contribution in [0.3, 0.4) is 0 Å². The molecule has 4 unspecified atom stereocenters. The van der Waals surface area contributed by atoms with E-state index in [-0.39, 0.29) is 17.8 Å². The first-order valence-corrected chi connectivity index (χ1v) is 13.9. The molecule has 0 bridgehead atoms. The van der Waals surface area contributed by atoms with E-state index >= 15 is 0 Å². The number of hydrogen-bond donors (Lipinski definition) is 13. The lowest BCUT2D eigenvalue weighted by atomic mass is 10.1. The van der Waals surface area contributed by atoms with Crippen LogP contribution in [0.2, 0.25) is 0 Å². The SMILES string of the molecule is NC(=O)C(CC(=O)O)NC(=O)CNC(=O)C(N)CCCN=C(N)N.NC(N)=NCCCC(N)C(=O)NCCCCC(N)C(=O)O. The molecule has 0 aliphatic heterocycles. The van der Waals surface area contributed by atoms with E-state index in [0.717, 1.165) is 0 Å². The van der Waals surface area contributed by atoms with E-state index in [9.17, 15) is 28.8 Å². The Bertz CT molecular complexity index is 1020. The number of nitrogens with two attached hydrogens (primary N) is 8. The molecule has 45 heavy (non-hydrogen) atoms. The van der Waals surface area contributed by atoms with Gasteiger partial charge in [-0.2, -0.15) is 0 Å². The average Bonchev–Trinajstić information content (AvgIpc) is 2.94. The van der Waals surface area contributed by atoms with Crippen molar-refractivity contribution in [1.29, 1.82) is 0 Å². The Morgan fingerprint density at radius 2 is 1.11 bits per heavy atom. The van der Waals surface area contributed by atoms with Crippen LogP contribution in [0.1, 0.15) is 51.4 Å². The molecule has 21 nitrogen and oxygen atoms in total. The van der Waals surface area contributed by atoms with Crippen LogP contribution < -0.4 is 61.8 Å². The Labute approximate surface area is 260 Å². The Balaban J connectivity index is 0. The highest BCUT2D eigenvalue weighted by atomic mass is 16.4. The molecular formula is C24H49N13O8. The molecule has 0 rings (SSSR count). The summed E-state index contributed by atoms with van der Waals surface area (Å²) in [5.41, 5.74) is 42.3. The zero-order valence-electron chi connectivity index (χ0n) is 25.2. The van der Waals surface area contributed by atoms with Gasteiger partial charge in [0.1, 0.15) is 12.1 Å². The summed E-state index contributed by atoms with van der Waals surface area (Å²) in [5.74, 6) is -4.92. The summed E-state index contributed by atoms with van der Waals surface area (Å²) in [5, 5.41) is 24.3. The van der Waals surface area contributed by atoms with Crippen molar-refractivity contribution in [3.63, 3.8) is 0 Å². The fraction of sp³-hybridized carbons (Fsp3) is 0.667. The van der Waals surface area contributed by atoms with Gasteiger partial charge in [-0.15, -0.1) is 0 Å². The monoisotopic (exact) mass is 647 g/mol. The number of primary amides is 1. The van der Waals surface area contributed by atoms with Gasteiger partial charge in [0.25, 0.3) is 0 Å². The number of unbranched alkanes of at least 4 members (excludes halogenated alkanes) is 1. The van der Waals surface area contributed by atoms with Crippen molar-refractivity contribution in [1.82, 2.24) is 16.0 Å². The number of carbonyl (C=O) groups excluding carboxylic acids is 4. The molecule has 0 aliphatic carbocycles. The van der Waals surface area contributed by atoms with Crippen LogP contribution >= 0.6 is 0 Å². The van der Waals surface area contributed by atoms with Gasteiger partial charge in [0, 0.05) is 19.6 Å². The number of amides is 4. The summed E-state index contributed by atoms with van der Waals surface area (Å²) in [4.78, 5) is 74.5. The molecule has 0 saturated carbocycles. The van der Waals surface area contributed by atoms with E-state index in [1.165, 1.54) is 0 Å². The molecule has 0 saturated heterocycles. The third-order valence-corrected chi connectivity index (χ3v) is 5.65. The van der Waals surface area contributed by atoms with Gasteiger partial charge in [0.15, 0.2) is 11.9 Å². The van der Waals surface area contributed by atoms with Crippen LogP contribution in [0.4, 0.5) is 0 Å². The van der Waals surface area contributed by atoms with Crippen molar-refractivity contribution >= 4 is 47.5 Å². The zero-order valence-corrected chi connectivity index (χ0v) is 25.2. The van der Waals surface area contributed by atoms with Crippen LogP contribution in [0.15, 0.2) is 9.98 Å². The average molecular weight is 648 g/mol. The van der Waals surface area contributed by atoms with Crippen LogP contribution in [-0.4, -0.2) is 108 Å². The second kappa shape index (κ2) is 24.7. The molecular weight excluding hydrogens is 598 g/mol. The van der Waals surface area contributed by atoms with Crippen molar-refractivity contribution in [2.75, 3.05) is 26.2 Å². The van der Waals surface area contributed by atoms with E-state index in [0.29, 0.717) is 64.6 Å². The Morgan fingerprint density at radius 3 is 1.53 bits per heavy atom. The lowest BCUT2D eigenvalue weighted by Crippen LogP contribution is -2.50. The second-order valence-electron chi connectivity index (χ2n) is 9.68. The highest BCUT2D eigenvalue weighted by Crippen LogP contribution is 2.00. The first-order valence-electron chi connectivity index (χ1n) is 13.9. The first-order chi connectivity index (χ1) is 21.0. The fourth-order valence-corrected chi connectivity index (χ4v) is 3.20. The maximum atomic E-state index is 11.7. The number of carboxylic acid groups (broad SMARTS) is 2. The highest BCUT2D eigenvalue weighted by molar-refractivity contribution is 5.92. The largest absolute Gasteiger partial charge is 0.481 e. The third-order valence-electron chi connectivity index (χ3n) is 5.65. The Kier molecular flexibility index (Phi) is 23.2. The number of carbonyl (C=O) groups is 6. The Morgan fingerprint density at radius 1 is 0.644 bits per heavy atom. The molecule has 258 valence electrons. The molecule has 0 aromatic heterocycles. The topological polar surface area (TPSA) is 412 Å². The van der Waals surface area contributed by atoms with Gasteiger partial charge in [-0.25, -0.2) is 0 Å². The normalized spacial score (nSPS) is 12.9. The quantitative estimate of drug-likeness (QED) is 0.0295. The number of nitrogens with one attached hydrogen (secondary N) is 3. The zero-order chi connectivity index (χ0) is 34.9. The van der Waals surface area contributed by atoms with Crippen molar-refractivity contribution in [3.8, 4) is 0 Å². The Hall–Kier alpha value is -4.76. The molecule has 0 aliphatic rings. The molecule has 0 aromatic carbocycles. The lowest BCUT2D eigenvalue weighted by Gasteiger charge is -2.15.